The van der Waals surface area contributed by atoms with E-state index in [0.717, 1.165) is 9.35 Å². The molecule has 0 aliphatic rings. The minimum Gasteiger partial charge on any atom is -0.405 e. The Hall–Kier alpha value is -1.05. The summed E-state index contributed by atoms with van der Waals surface area (Å²) in [6, 6.07) is 8.05. The SMILES string of the molecule is FC(F)(F)Oc1ccccc1CNCc1sccc1Br. The number of thiophene rings is 1. The Kier molecular flexibility index (Phi) is 5.06. The number of halogens is 4. The lowest BCUT2D eigenvalue weighted by Crippen LogP contribution is -2.19. The van der Waals surface area contributed by atoms with E-state index >= 15 is 0 Å². The molecule has 0 radical (unpaired) electrons. The Labute approximate surface area is 126 Å². The van der Waals surface area contributed by atoms with Gasteiger partial charge in [-0.05, 0) is 33.4 Å². The van der Waals surface area contributed by atoms with Crippen molar-refractivity contribution in [1.82, 2.24) is 5.32 Å². The van der Waals surface area contributed by atoms with Gasteiger partial charge in [-0.15, -0.1) is 24.5 Å². The van der Waals surface area contributed by atoms with E-state index in [1.54, 1.807) is 23.5 Å². The van der Waals surface area contributed by atoms with Crippen LogP contribution in [0.15, 0.2) is 40.2 Å². The predicted molar refractivity (Wildman–Crippen MR) is 75.7 cm³/mol. The second kappa shape index (κ2) is 6.60. The van der Waals surface area contributed by atoms with E-state index in [9.17, 15) is 13.2 Å². The van der Waals surface area contributed by atoms with Gasteiger partial charge in [0, 0.05) is 28.0 Å². The molecule has 1 aromatic carbocycles. The van der Waals surface area contributed by atoms with Gasteiger partial charge in [0.2, 0.25) is 0 Å². The molecule has 0 bridgehead atoms. The summed E-state index contributed by atoms with van der Waals surface area (Å²) in [5.41, 5.74) is 0.470. The molecule has 0 amide bonds. The van der Waals surface area contributed by atoms with Crippen LogP contribution in [0.25, 0.3) is 0 Å². The topological polar surface area (TPSA) is 21.3 Å². The second-order valence-corrected chi connectivity index (χ2v) is 5.81. The zero-order chi connectivity index (χ0) is 14.6. The van der Waals surface area contributed by atoms with Crippen LogP contribution in [-0.2, 0) is 13.1 Å². The van der Waals surface area contributed by atoms with E-state index in [2.05, 4.69) is 26.0 Å². The fourth-order valence-electron chi connectivity index (χ4n) is 1.64. The van der Waals surface area contributed by atoms with Crippen LogP contribution in [0.2, 0.25) is 0 Å². The van der Waals surface area contributed by atoms with Gasteiger partial charge in [-0.3, -0.25) is 0 Å². The number of alkyl halides is 3. The zero-order valence-electron chi connectivity index (χ0n) is 10.2. The molecular formula is C13H11BrF3NOS. The average molecular weight is 366 g/mol. The molecule has 0 saturated carbocycles. The van der Waals surface area contributed by atoms with Crippen LogP contribution in [-0.4, -0.2) is 6.36 Å². The lowest BCUT2D eigenvalue weighted by Gasteiger charge is -2.13. The quantitative estimate of drug-likeness (QED) is 0.829. The van der Waals surface area contributed by atoms with Crippen LogP contribution >= 0.6 is 27.3 Å². The van der Waals surface area contributed by atoms with Gasteiger partial charge in [0.1, 0.15) is 5.75 Å². The Morgan fingerprint density at radius 3 is 2.55 bits per heavy atom. The summed E-state index contributed by atoms with van der Waals surface area (Å²) in [5, 5.41) is 5.05. The maximum absolute atomic E-state index is 12.3. The van der Waals surface area contributed by atoms with E-state index < -0.39 is 6.36 Å². The molecule has 0 unspecified atom stereocenters. The first-order valence-electron chi connectivity index (χ1n) is 5.72. The normalized spacial score (nSPS) is 11.6. The Morgan fingerprint density at radius 2 is 1.90 bits per heavy atom. The van der Waals surface area contributed by atoms with Crippen molar-refractivity contribution in [1.29, 1.82) is 0 Å². The summed E-state index contributed by atoms with van der Waals surface area (Å²) in [5.74, 6) is -0.169. The van der Waals surface area contributed by atoms with Crippen LogP contribution in [0.3, 0.4) is 0 Å². The maximum Gasteiger partial charge on any atom is 0.573 e. The monoisotopic (exact) mass is 365 g/mol. The van der Waals surface area contributed by atoms with E-state index in [1.165, 1.54) is 12.1 Å². The zero-order valence-corrected chi connectivity index (χ0v) is 12.6. The Bertz CT molecular complexity index is 571. The molecule has 108 valence electrons. The first kappa shape index (κ1) is 15.3. The van der Waals surface area contributed by atoms with Crippen LogP contribution in [0.5, 0.6) is 5.75 Å². The third-order valence-electron chi connectivity index (χ3n) is 2.49. The first-order valence-corrected chi connectivity index (χ1v) is 7.39. The highest BCUT2D eigenvalue weighted by Crippen LogP contribution is 2.26. The van der Waals surface area contributed by atoms with Crippen molar-refractivity contribution in [3.8, 4) is 5.75 Å². The van der Waals surface area contributed by atoms with Crippen LogP contribution in [0.4, 0.5) is 13.2 Å². The third kappa shape index (κ3) is 4.50. The molecule has 0 aliphatic carbocycles. The van der Waals surface area contributed by atoms with Gasteiger partial charge < -0.3 is 10.1 Å². The molecule has 0 spiro atoms. The fraction of sp³-hybridized carbons (Fsp3) is 0.231. The summed E-state index contributed by atoms with van der Waals surface area (Å²) < 4.78 is 41.8. The van der Waals surface area contributed by atoms with Crippen molar-refractivity contribution < 1.29 is 17.9 Å². The standard InChI is InChI=1S/C13H11BrF3NOS/c14-10-5-6-20-12(10)8-18-7-9-3-1-2-4-11(9)19-13(15,16)17/h1-6,18H,7-8H2. The van der Waals surface area contributed by atoms with E-state index in [-0.39, 0.29) is 5.75 Å². The highest BCUT2D eigenvalue weighted by molar-refractivity contribution is 9.10. The third-order valence-corrected chi connectivity index (χ3v) is 4.42. The lowest BCUT2D eigenvalue weighted by molar-refractivity contribution is -0.274. The summed E-state index contributed by atoms with van der Waals surface area (Å²) in [6.07, 6.45) is -4.67. The fourth-order valence-corrected chi connectivity index (χ4v) is 3.10. The van der Waals surface area contributed by atoms with Crippen LogP contribution in [0, 0.1) is 0 Å². The summed E-state index contributed by atoms with van der Waals surface area (Å²) in [4.78, 5) is 1.10. The number of rotatable bonds is 5. The molecule has 1 heterocycles. The number of nitrogens with one attached hydrogen (secondary N) is 1. The number of hydrogen-bond donors (Lipinski definition) is 1. The summed E-state index contributed by atoms with van der Waals surface area (Å²) in [6.45, 7) is 0.884. The summed E-state index contributed by atoms with van der Waals surface area (Å²) >= 11 is 4.98. The molecule has 2 rings (SSSR count). The molecule has 20 heavy (non-hydrogen) atoms. The molecule has 2 aromatic rings. The molecule has 2 nitrogen and oxygen atoms in total. The van der Waals surface area contributed by atoms with Crippen molar-refractivity contribution in [2.45, 2.75) is 19.5 Å². The molecule has 0 fully saturated rings. The Morgan fingerprint density at radius 1 is 1.15 bits per heavy atom. The minimum atomic E-state index is -4.67. The second-order valence-electron chi connectivity index (χ2n) is 3.95. The lowest BCUT2D eigenvalue weighted by atomic mass is 10.2. The first-order chi connectivity index (χ1) is 9.46. The molecule has 1 aromatic heterocycles. The number of hydrogen-bond acceptors (Lipinski definition) is 3. The smallest absolute Gasteiger partial charge is 0.405 e. The van der Waals surface area contributed by atoms with Crippen LogP contribution < -0.4 is 10.1 Å². The van der Waals surface area contributed by atoms with Gasteiger partial charge in [0.05, 0.1) is 0 Å². The predicted octanol–water partition coefficient (Wildman–Crippen LogP) is 4.70. The van der Waals surface area contributed by atoms with Crippen molar-refractivity contribution >= 4 is 27.3 Å². The van der Waals surface area contributed by atoms with E-state index in [4.69, 9.17) is 0 Å². The molecular weight excluding hydrogens is 355 g/mol. The largest absolute Gasteiger partial charge is 0.573 e. The molecule has 7 heteroatoms. The van der Waals surface area contributed by atoms with Gasteiger partial charge in [-0.25, -0.2) is 0 Å². The van der Waals surface area contributed by atoms with Crippen LogP contribution in [0.1, 0.15) is 10.4 Å². The number of benzene rings is 1. The molecule has 0 atom stereocenters. The highest BCUT2D eigenvalue weighted by atomic mass is 79.9. The van der Waals surface area contributed by atoms with Gasteiger partial charge >= 0.3 is 6.36 Å². The van der Waals surface area contributed by atoms with Gasteiger partial charge in [-0.2, -0.15) is 0 Å². The van der Waals surface area contributed by atoms with E-state index in [1.807, 2.05) is 11.4 Å². The number of para-hydroxylation sites is 1. The number of ether oxygens (including phenoxy) is 1. The van der Waals surface area contributed by atoms with Crippen molar-refractivity contribution in [2.75, 3.05) is 0 Å². The average Bonchev–Trinajstić information content (AvgIpc) is 2.75. The molecule has 0 saturated heterocycles. The van der Waals surface area contributed by atoms with Crippen molar-refractivity contribution in [2.24, 2.45) is 0 Å². The van der Waals surface area contributed by atoms with Gasteiger partial charge in [0.25, 0.3) is 0 Å². The maximum atomic E-state index is 12.3. The van der Waals surface area contributed by atoms with E-state index in [0.29, 0.717) is 18.7 Å². The van der Waals surface area contributed by atoms with Crippen molar-refractivity contribution in [3.05, 3.63) is 50.6 Å². The van der Waals surface area contributed by atoms with Gasteiger partial charge in [0.15, 0.2) is 0 Å². The molecule has 0 aliphatic heterocycles. The molecule has 1 N–H and O–H groups in total. The summed E-state index contributed by atoms with van der Waals surface area (Å²) in [7, 11) is 0. The minimum absolute atomic E-state index is 0.169. The van der Waals surface area contributed by atoms with Crippen molar-refractivity contribution in [3.63, 3.8) is 0 Å². The highest BCUT2D eigenvalue weighted by Gasteiger charge is 2.31. The van der Waals surface area contributed by atoms with Gasteiger partial charge in [-0.1, -0.05) is 18.2 Å². The Balaban J connectivity index is 1.97.